The summed E-state index contributed by atoms with van der Waals surface area (Å²) in [5.41, 5.74) is 3.50. The van der Waals surface area contributed by atoms with Crippen LogP contribution in [0.2, 0.25) is 0 Å². The van der Waals surface area contributed by atoms with Crippen molar-refractivity contribution in [1.29, 1.82) is 0 Å². The minimum Gasteiger partial charge on any atom is -0.497 e. The summed E-state index contributed by atoms with van der Waals surface area (Å²) in [6, 6.07) is 26.6. The number of aliphatic imine (C=N–C) groups is 1. The normalized spacial score (nSPS) is 15.6. The lowest BCUT2D eigenvalue weighted by molar-refractivity contribution is 0.317. The lowest BCUT2D eigenvalue weighted by Crippen LogP contribution is -2.22. The molecule has 0 unspecified atom stereocenters. The first-order valence-corrected chi connectivity index (χ1v) is 10.1. The van der Waals surface area contributed by atoms with E-state index in [9.17, 15) is 0 Å². The van der Waals surface area contributed by atoms with Gasteiger partial charge in [-0.1, -0.05) is 42.5 Å². The largest absolute Gasteiger partial charge is 0.497 e. The van der Waals surface area contributed by atoms with Crippen LogP contribution in [0.5, 0.6) is 11.5 Å². The van der Waals surface area contributed by atoms with Crippen LogP contribution in [0.15, 0.2) is 83.9 Å². The van der Waals surface area contributed by atoms with Crippen molar-refractivity contribution in [1.82, 2.24) is 0 Å². The van der Waals surface area contributed by atoms with Crippen molar-refractivity contribution in [2.24, 2.45) is 4.99 Å². The van der Waals surface area contributed by atoms with E-state index in [1.165, 1.54) is 17.0 Å². The van der Waals surface area contributed by atoms with Gasteiger partial charge in [-0.25, -0.2) is 4.99 Å². The Hall–Kier alpha value is -3.27. The van der Waals surface area contributed by atoms with Gasteiger partial charge >= 0.3 is 0 Å². The molecular formula is C26H26NO3. The maximum Gasteiger partial charge on any atom is 0.216 e. The van der Waals surface area contributed by atoms with Gasteiger partial charge in [0.05, 0.1) is 20.3 Å². The van der Waals surface area contributed by atoms with Crippen LogP contribution in [-0.4, -0.2) is 32.8 Å². The van der Waals surface area contributed by atoms with Gasteiger partial charge in [-0.15, -0.1) is 0 Å². The number of hydrogen-bond donors (Lipinski definition) is 0. The fourth-order valence-electron chi connectivity index (χ4n) is 3.63. The van der Waals surface area contributed by atoms with Crippen molar-refractivity contribution in [3.63, 3.8) is 0 Å². The van der Waals surface area contributed by atoms with Crippen molar-refractivity contribution in [2.45, 2.75) is 18.9 Å². The maximum atomic E-state index is 5.97. The minimum absolute atomic E-state index is 0.0319. The molecule has 0 amide bonds. The van der Waals surface area contributed by atoms with Gasteiger partial charge in [-0.05, 0) is 60.4 Å². The van der Waals surface area contributed by atoms with E-state index >= 15 is 0 Å². The average Bonchev–Trinajstić information content (AvgIpc) is 3.30. The number of hydrogen-bond acceptors (Lipinski definition) is 4. The molecule has 0 N–H and O–H groups in total. The Labute approximate surface area is 178 Å². The summed E-state index contributed by atoms with van der Waals surface area (Å²) in [6.07, 6.45) is 1.69. The lowest BCUT2D eigenvalue weighted by Gasteiger charge is -2.20. The van der Waals surface area contributed by atoms with Crippen LogP contribution in [0.4, 0.5) is 0 Å². The van der Waals surface area contributed by atoms with E-state index in [1.54, 1.807) is 14.2 Å². The molecule has 1 aliphatic heterocycles. The van der Waals surface area contributed by atoms with Crippen molar-refractivity contribution in [3.8, 4) is 11.5 Å². The Morgan fingerprint density at radius 3 is 1.83 bits per heavy atom. The Kier molecular flexibility index (Phi) is 6.33. The number of rotatable bonds is 8. The minimum atomic E-state index is 0.0319. The standard InChI is InChI=1S/C26H26NO3/c1-28-23-12-8-19(9-13-23)16-22(17-20-10-14-24(29-2)15-11-20)25-18-30-26(27-25)21-6-4-3-5-7-21/h3-15,25H,16-18H2,1-2H3/t25-/m1/s1. The van der Waals surface area contributed by atoms with Gasteiger partial charge in [-0.3, -0.25) is 0 Å². The smallest absolute Gasteiger partial charge is 0.216 e. The summed E-state index contributed by atoms with van der Waals surface area (Å²) in [6.45, 7) is 0.575. The molecule has 1 atom stereocenters. The van der Waals surface area contributed by atoms with Gasteiger partial charge in [0.25, 0.3) is 0 Å². The lowest BCUT2D eigenvalue weighted by atomic mass is 9.87. The van der Waals surface area contributed by atoms with Crippen LogP contribution in [0, 0.1) is 5.92 Å². The number of methoxy groups -OCH3 is 2. The van der Waals surface area contributed by atoms with Crippen LogP contribution in [0.3, 0.4) is 0 Å². The summed E-state index contributed by atoms with van der Waals surface area (Å²) in [5, 5.41) is 0. The van der Waals surface area contributed by atoms with Crippen LogP contribution >= 0.6 is 0 Å². The first kappa shape index (κ1) is 20.0. The molecule has 1 aliphatic rings. The molecule has 4 heteroatoms. The van der Waals surface area contributed by atoms with Gasteiger partial charge in [-0.2, -0.15) is 0 Å². The zero-order valence-electron chi connectivity index (χ0n) is 17.4. The molecule has 30 heavy (non-hydrogen) atoms. The topological polar surface area (TPSA) is 40.0 Å². The molecule has 0 aliphatic carbocycles. The van der Waals surface area contributed by atoms with E-state index in [-0.39, 0.29) is 6.04 Å². The number of benzene rings is 3. The second-order valence-electron chi connectivity index (χ2n) is 7.34. The Morgan fingerprint density at radius 2 is 1.33 bits per heavy atom. The molecule has 0 fully saturated rings. The van der Waals surface area contributed by atoms with Gasteiger partial charge in [0.15, 0.2) is 0 Å². The zero-order valence-corrected chi connectivity index (χ0v) is 17.4. The second-order valence-corrected chi connectivity index (χ2v) is 7.34. The monoisotopic (exact) mass is 400 g/mol. The third-order valence-corrected chi connectivity index (χ3v) is 5.32. The SMILES string of the molecule is COc1ccc(C[C](Cc2ccc(OC)cc2)[C@H]2COC(c3ccccc3)=N2)cc1. The highest BCUT2D eigenvalue weighted by Gasteiger charge is 2.29. The zero-order chi connectivity index (χ0) is 20.8. The van der Waals surface area contributed by atoms with Crippen LogP contribution in [0.25, 0.3) is 0 Å². The molecule has 3 aromatic rings. The summed E-state index contributed by atoms with van der Waals surface area (Å²) in [5.74, 6) is 3.78. The van der Waals surface area contributed by atoms with Gasteiger partial charge in [0.1, 0.15) is 18.1 Å². The van der Waals surface area contributed by atoms with E-state index in [1.807, 2.05) is 54.6 Å². The van der Waals surface area contributed by atoms with Gasteiger partial charge in [0.2, 0.25) is 5.90 Å². The molecular weight excluding hydrogens is 374 g/mol. The quantitative estimate of drug-likeness (QED) is 0.539. The molecule has 0 spiro atoms. The van der Waals surface area contributed by atoms with Crippen LogP contribution < -0.4 is 9.47 Å². The molecule has 1 radical (unpaired) electrons. The highest BCUT2D eigenvalue weighted by molar-refractivity contribution is 5.95. The molecule has 0 bridgehead atoms. The first-order valence-electron chi connectivity index (χ1n) is 10.1. The van der Waals surface area contributed by atoms with E-state index in [4.69, 9.17) is 19.2 Å². The van der Waals surface area contributed by atoms with Crippen molar-refractivity contribution < 1.29 is 14.2 Å². The molecule has 4 nitrogen and oxygen atoms in total. The second kappa shape index (κ2) is 9.49. The predicted octanol–water partition coefficient (Wildman–Crippen LogP) is 4.91. The van der Waals surface area contributed by atoms with Gasteiger partial charge in [0, 0.05) is 11.5 Å². The van der Waals surface area contributed by atoms with E-state index < -0.39 is 0 Å². The third kappa shape index (κ3) is 4.82. The first-order chi connectivity index (χ1) is 14.7. The molecule has 4 rings (SSSR count). The van der Waals surface area contributed by atoms with E-state index in [2.05, 4.69) is 24.3 Å². The number of ether oxygens (including phenoxy) is 3. The van der Waals surface area contributed by atoms with Crippen molar-refractivity contribution in [2.75, 3.05) is 20.8 Å². The van der Waals surface area contributed by atoms with Crippen molar-refractivity contribution >= 4 is 5.90 Å². The summed E-state index contributed by atoms with van der Waals surface area (Å²) in [4.78, 5) is 4.93. The Bertz CT molecular complexity index is 916. The highest BCUT2D eigenvalue weighted by Crippen LogP contribution is 2.28. The van der Waals surface area contributed by atoms with Crippen LogP contribution in [-0.2, 0) is 17.6 Å². The fourth-order valence-corrected chi connectivity index (χ4v) is 3.63. The molecule has 1 heterocycles. The van der Waals surface area contributed by atoms with E-state index in [0.29, 0.717) is 6.61 Å². The van der Waals surface area contributed by atoms with Gasteiger partial charge < -0.3 is 14.2 Å². The molecule has 0 aromatic heterocycles. The van der Waals surface area contributed by atoms with E-state index in [0.717, 1.165) is 35.8 Å². The molecule has 3 aromatic carbocycles. The Morgan fingerprint density at radius 1 is 0.800 bits per heavy atom. The summed E-state index contributed by atoms with van der Waals surface area (Å²) < 4.78 is 16.6. The average molecular weight is 400 g/mol. The maximum absolute atomic E-state index is 5.97. The highest BCUT2D eigenvalue weighted by atomic mass is 16.5. The van der Waals surface area contributed by atoms with Crippen molar-refractivity contribution in [3.05, 3.63) is 101 Å². The number of nitrogens with zero attached hydrogens (tertiary/aromatic N) is 1. The predicted molar refractivity (Wildman–Crippen MR) is 119 cm³/mol. The summed E-state index contributed by atoms with van der Waals surface area (Å²) in [7, 11) is 3.37. The summed E-state index contributed by atoms with van der Waals surface area (Å²) >= 11 is 0. The van der Waals surface area contributed by atoms with Crippen LogP contribution in [0.1, 0.15) is 16.7 Å². The molecule has 153 valence electrons. The molecule has 0 saturated carbocycles. The Balaban J connectivity index is 1.56. The fraction of sp³-hybridized carbons (Fsp3) is 0.231. The third-order valence-electron chi connectivity index (χ3n) is 5.32. The molecule has 0 saturated heterocycles.